The zero-order valence-corrected chi connectivity index (χ0v) is 11.1. The Balaban J connectivity index is 2.29. The minimum atomic E-state index is -0.619. The predicted octanol–water partition coefficient (Wildman–Crippen LogP) is 2.68. The highest BCUT2D eigenvalue weighted by Gasteiger charge is 2.12. The van der Waals surface area contributed by atoms with E-state index in [4.69, 9.17) is 4.74 Å². The van der Waals surface area contributed by atoms with Crippen LogP contribution in [0.4, 0.5) is 0 Å². The summed E-state index contributed by atoms with van der Waals surface area (Å²) in [5.74, 6) is 0. The molecule has 0 amide bonds. The van der Waals surface area contributed by atoms with Gasteiger partial charge in [0.25, 0.3) is 0 Å². The molecule has 2 unspecified atom stereocenters. The van der Waals surface area contributed by atoms with Gasteiger partial charge in [0.05, 0.1) is 19.3 Å². The fourth-order valence-electron chi connectivity index (χ4n) is 1.85. The topological polar surface area (TPSA) is 49.7 Å². The van der Waals surface area contributed by atoms with Crippen molar-refractivity contribution in [1.29, 1.82) is 0 Å². The van der Waals surface area contributed by atoms with Crippen molar-refractivity contribution < 1.29 is 14.9 Å². The van der Waals surface area contributed by atoms with E-state index in [9.17, 15) is 10.2 Å². The number of aliphatic hydroxyl groups excluding tert-OH is 2. The molecule has 0 bridgehead atoms. The minimum absolute atomic E-state index is 0.0191. The van der Waals surface area contributed by atoms with E-state index in [2.05, 4.69) is 6.92 Å². The molecule has 2 atom stereocenters. The van der Waals surface area contributed by atoms with Gasteiger partial charge in [-0.15, -0.1) is 0 Å². The first-order chi connectivity index (χ1) is 8.77. The van der Waals surface area contributed by atoms with Gasteiger partial charge >= 0.3 is 0 Å². The summed E-state index contributed by atoms with van der Waals surface area (Å²) in [4.78, 5) is 0. The second-order valence-electron chi connectivity index (χ2n) is 4.56. The smallest absolute Gasteiger partial charge is 0.102 e. The van der Waals surface area contributed by atoms with Crippen LogP contribution in [-0.2, 0) is 4.74 Å². The Bertz CT molecular complexity index is 300. The molecule has 1 rings (SSSR count). The third kappa shape index (κ3) is 5.63. The van der Waals surface area contributed by atoms with Gasteiger partial charge in [-0.2, -0.15) is 0 Å². The van der Waals surface area contributed by atoms with E-state index in [1.54, 1.807) is 0 Å². The summed E-state index contributed by atoms with van der Waals surface area (Å²) >= 11 is 0. The SMILES string of the molecule is CCCCCC(CO)OCC(O)c1ccccc1. The van der Waals surface area contributed by atoms with E-state index in [1.165, 1.54) is 0 Å². The maximum Gasteiger partial charge on any atom is 0.102 e. The van der Waals surface area contributed by atoms with Crippen LogP contribution in [0.5, 0.6) is 0 Å². The lowest BCUT2D eigenvalue weighted by Gasteiger charge is -2.18. The Kier molecular flexibility index (Phi) is 7.65. The van der Waals surface area contributed by atoms with Crippen molar-refractivity contribution >= 4 is 0 Å². The van der Waals surface area contributed by atoms with E-state index in [0.29, 0.717) is 0 Å². The first-order valence-corrected chi connectivity index (χ1v) is 6.73. The number of unbranched alkanes of at least 4 members (excludes halogenated alkanes) is 2. The van der Waals surface area contributed by atoms with Crippen LogP contribution in [0.3, 0.4) is 0 Å². The first-order valence-electron chi connectivity index (χ1n) is 6.73. The van der Waals surface area contributed by atoms with Crippen LogP contribution in [0.2, 0.25) is 0 Å². The molecule has 18 heavy (non-hydrogen) atoms. The quantitative estimate of drug-likeness (QED) is 0.664. The molecule has 0 fully saturated rings. The number of aliphatic hydroxyl groups is 2. The summed E-state index contributed by atoms with van der Waals surface area (Å²) in [7, 11) is 0. The van der Waals surface area contributed by atoms with Gasteiger partial charge in [-0.1, -0.05) is 56.5 Å². The van der Waals surface area contributed by atoms with E-state index >= 15 is 0 Å². The van der Waals surface area contributed by atoms with Gasteiger partial charge in [-0.3, -0.25) is 0 Å². The number of ether oxygens (including phenoxy) is 1. The maximum atomic E-state index is 9.93. The molecule has 0 spiro atoms. The highest BCUT2D eigenvalue weighted by atomic mass is 16.5. The fraction of sp³-hybridized carbons (Fsp3) is 0.600. The molecule has 1 aromatic carbocycles. The largest absolute Gasteiger partial charge is 0.394 e. The molecular weight excluding hydrogens is 228 g/mol. The first kappa shape index (κ1) is 15.2. The average molecular weight is 252 g/mol. The van der Waals surface area contributed by atoms with Crippen molar-refractivity contribution in [1.82, 2.24) is 0 Å². The second kappa shape index (κ2) is 9.09. The zero-order chi connectivity index (χ0) is 13.2. The van der Waals surface area contributed by atoms with Crippen molar-refractivity contribution in [2.24, 2.45) is 0 Å². The lowest BCUT2D eigenvalue weighted by molar-refractivity contribution is -0.0367. The molecule has 1 aromatic rings. The van der Waals surface area contributed by atoms with Crippen LogP contribution in [0.15, 0.2) is 30.3 Å². The summed E-state index contributed by atoms with van der Waals surface area (Å²) in [5.41, 5.74) is 0.850. The van der Waals surface area contributed by atoms with Crippen molar-refractivity contribution in [3.05, 3.63) is 35.9 Å². The molecule has 3 nitrogen and oxygen atoms in total. The third-order valence-corrected chi connectivity index (χ3v) is 3.01. The highest BCUT2D eigenvalue weighted by molar-refractivity contribution is 5.17. The third-order valence-electron chi connectivity index (χ3n) is 3.01. The van der Waals surface area contributed by atoms with Crippen molar-refractivity contribution in [3.63, 3.8) is 0 Å². The number of hydrogen-bond acceptors (Lipinski definition) is 3. The molecule has 0 aliphatic heterocycles. The van der Waals surface area contributed by atoms with Gasteiger partial charge in [0.2, 0.25) is 0 Å². The number of hydrogen-bond donors (Lipinski definition) is 2. The molecule has 0 aromatic heterocycles. The Labute approximate surface area is 109 Å². The Hall–Kier alpha value is -0.900. The molecule has 0 aliphatic rings. The van der Waals surface area contributed by atoms with Crippen LogP contribution >= 0.6 is 0 Å². The molecular formula is C15H24O3. The van der Waals surface area contributed by atoms with Crippen molar-refractivity contribution in [2.75, 3.05) is 13.2 Å². The summed E-state index contributed by atoms with van der Waals surface area (Å²) in [6.07, 6.45) is 3.45. The summed E-state index contributed by atoms with van der Waals surface area (Å²) in [6, 6.07) is 9.45. The minimum Gasteiger partial charge on any atom is -0.394 e. The van der Waals surface area contributed by atoms with Gasteiger partial charge in [-0.25, -0.2) is 0 Å². The monoisotopic (exact) mass is 252 g/mol. The van der Waals surface area contributed by atoms with E-state index in [0.717, 1.165) is 31.2 Å². The molecule has 0 saturated carbocycles. The Morgan fingerprint density at radius 3 is 2.50 bits per heavy atom. The Morgan fingerprint density at radius 2 is 1.89 bits per heavy atom. The van der Waals surface area contributed by atoms with Gasteiger partial charge in [-0.05, 0) is 12.0 Å². The van der Waals surface area contributed by atoms with Gasteiger partial charge < -0.3 is 14.9 Å². The van der Waals surface area contributed by atoms with Crippen molar-refractivity contribution in [2.45, 2.75) is 44.8 Å². The molecule has 0 radical (unpaired) electrons. The molecule has 2 N–H and O–H groups in total. The molecule has 102 valence electrons. The van der Waals surface area contributed by atoms with Gasteiger partial charge in [0, 0.05) is 0 Å². The second-order valence-corrected chi connectivity index (χ2v) is 4.56. The predicted molar refractivity (Wildman–Crippen MR) is 72.4 cm³/mol. The van der Waals surface area contributed by atoms with Crippen LogP contribution in [0, 0.1) is 0 Å². The standard InChI is InChI=1S/C15H24O3/c1-2-3-5-10-14(11-16)18-12-15(17)13-8-6-4-7-9-13/h4,6-9,14-17H,2-3,5,10-12H2,1H3. The zero-order valence-electron chi connectivity index (χ0n) is 11.1. The maximum absolute atomic E-state index is 9.93. The molecule has 3 heteroatoms. The fourth-order valence-corrected chi connectivity index (χ4v) is 1.85. The molecule has 0 heterocycles. The van der Waals surface area contributed by atoms with Crippen LogP contribution in [0.25, 0.3) is 0 Å². The summed E-state index contributed by atoms with van der Waals surface area (Å²) in [6.45, 7) is 2.40. The van der Waals surface area contributed by atoms with E-state index in [1.807, 2.05) is 30.3 Å². The van der Waals surface area contributed by atoms with Gasteiger partial charge in [0.1, 0.15) is 6.10 Å². The van der Waals surface area contributed by atoms with E-state index in [-0.39, 0.29) is 19.3 Å². The normalized spacial score (nSPS) is 14.4. The van der Waals surface area contributed by atoms with Crippen LogP contribution in [-0.4, -0.2) is 29.5 Å². The van der Waals surface area contributed by atoms with Crippen LogP contribution < -0.4 is 0 Å². The lowest BCUT2D eigenvalue weighted by atomic mass is 10.1. The summed E-state index contributed by atoms with van der Waals surface area (Å²) in [5, 5.41) is 19.1. The van der Waals surface area contributed by atoms with Crippen molar-refractivity contribution in [3.8, 4) is 0 Å². The Morgan fingerprint density at radius 1 is 1.17 bits per heavy atom. The summed E-state index contributed by atoms with van der Waals surface area (Å²) < 4.78 is 5.55. The van der Waals surface area contributed by atoms with Crippen LogP contribution in [0.1, 0.15) is 44.3 Å². The number of benzene rings is 1. The van der Waals surface area contributed by atoms with E-state index < -0.39 is 6.10 Å². The lowest BCUT2D eigenvalue weighted by Crippen LogP contribution is -2.21. The number of rotatable bonds is 9. The van der Waals surface area contributed by atoms with Gasteiger partial charge in [0.15, 0.2) is 0 Å². The molecule has 0 saturated heterocycles. The molecule has 0 aliphatic carbocycles. The highest BCUT2D eigenvalue weighted by Crippen LogP contribution is 2.14. The average Bonchev–Trinajstić information content (AvgIpc) is 2.43.